The highest BCUT2D eigenvalue weighted by Crippen LogP contribution is 2.45. The third-order valence-electron chi connectivity index (χ3n) is 6.56. The summed E-state index contributed by atoms with van der Waals surface area (Å²) in [7, 11) is 0. The summed E-state index contributed by atoms with van der Waals surface area (Å²) in [5.74, 6) is 0.889. The Morgan fingerprint density at radius 1 is 1.00 bits per heavy atom. The van der Waals surface area contributed by atoms with Gasteiger partial charge in [0.15, 0.2) is 0 Å². The molecule has 0 spiro atoms. The van der Waals surface area contributed by atoms with Crippen molar-refractivity contribution in [2.75, 3.05) is 26.2 Å². The first-order valence-electron chi connectivity index (χ1n) is 10.6. The van der Waals surface area contributed by atoms with E-state index in [0.717, 1.165) is 49.6 Å². The maximum atomic E-state index is 12.7. The van der Waals surface area contributed by atoms with Crippen LogP contribution in [0, 0.1) is 5.92 Å². The Labute approximate surface area is 181 Å². The van der Waals surface area contributed by atoms with E-state index in [2.05, 4.69) is 17.0 Å². The second-order valence-corrected chi connectivity index (χ2v) is 9.15. The van der Waals surface area contributed by atoms with Gasteiger partial charge >= 0.3 is 6.18 Å². The van der Waals surface area contributed by atoms with Crippen molar-refractivity contribution in [2.24, 2.45) is 5.92 Å². The molecule has 2 aliphatic rings. The number of likely N-dealkylation sites (tertiary alicyclic amines) is 1. The van der Waals surface area contributed by atoms with Gasteiger partial charge in [-0.3, -0.25) is 0 Å². The predicted octanol–water partition coefficient (Wildman–Crippen LogP) is 6.57. The Balaban J connectivity index is 1.32. The van der Waals surface area contributed by atoms with E-state index in [-0.39, 0.29) is 5.41 Å². The highest BCUT2D eigenvalue weighted by molar-refractivity contribution is 6.30. The number of hydrogen-bond acceptors (Lipinski definition) is 2. The number of piperidine rings is 1. The molecule has 1 saturated carbocycles. The van der Waals surface area contributed by atoms with Crippen molar-refractivity contribution < 1.29 is 17.9 Å². The van der Waals surface area contributed by atoms with Crippen LogP contribution in [0.5, 0.6) is 5.75 Å². The lowest BCUT2D eigenvalue weighted by Crippen LogP contribution is -2.49. The zero-order valence-electron chi connectivity index (χ0n) is 16.9. The Morgan fingerprint density at radius 3 is 2.30 bits per heavy atom. The summed E-state index contributed by atoms with van der Waals surface area (Å²) < 4.78 is 43.9. The average Bonchev–Trinajstić information content (AvgIpc) is 2.70. The molecule has 0 amide bonds. The second kappa shape index (κ2) is 8.80. The first-order valence-corrected chi connectivity index (χ1v) is 11.0. The molecule has 2 nitrogen and oxygen atoms in total. The molecule has 0 radical (unpaired) electrons. The number of benzene rings is 2. The standard InChI is InChI=1S/C24H27ClF3NO/c25-21-8-4-19(5-9-21)23(12-2-13-23)17-29-14-1-3-18(15-29)16-30-22-10-6-20(7-11-22)24(26,27)28/h4-11,18H,1-3,12-17H2/t18-/m1/s1. The minimum absolute atomic E-state index is 0.223. The van der Waals surface area contributed by atoms with E-state index in [9.17, 15) is 13.2 Å². The minimum atomic E-state index is -4.32. The van der Waals surface area contributed by atoms with E-state index in [1.807, 2.05) is 12.1 Å². The zero-order chi connectivity index (χ0) is 21.2. The molecule has 2 aromatic carbocycles. The molecule has 2 aromatic rings. The van der Waals surface area contributed by atoms with E-state index < -0.39 is 11.7 Å². The summed E-state index contributed by atoms with van der Waals surface area (Å²) >= 11 is 6.07. The highest BCUT2D eigenvalue weighted by Gasteiger charge is 2.40. The minimum Gasteiger partial charge on any atom is -0.493 e. The van der Waals surface area contributed by atoms with Crippen LogP contribution in [0.15, 0.2) is 48.5 Å². The van der Waals surface area contributed by atoms with Crippen LogP contribution in [0.1, 0.15) is 43.2 Å². The van der Waals surface area contributed by atoms with Crippen molar-refractivity contribution in [3.05, 3.63) is 64.7 Å². The Hall–Kier alpha value is -1.72. The SMILES string of the molecule is FC(F)(F)c1ccc(OC[C@@H]2CCCN(CC3(c4ccc(Cl)cc4)CCC3)C2)cc1. The monoisotopic (exact) mass is 437 g/mol. The van der Waals surface area contributed by atoms with Crippen LogP contribution in [0.4, 0.5) is 13.2 Å². The van der Waals surface area contributed by atoms with Crippen molar-refractivity contribution in [1.82, 2.24) is 4.90 Å². The molecule has 1 aliphatic heterocycles. The normalized spacial score (nSPS) is 21.8. The number of alkyl halides is 3. The van der Waals surface area contributed by atoms with Crippen molar-refractivity contribution >= 4 is 11.6 Å². The van der Waals surface area contributed by atoms with Crippen molar-refractivity contribution in [3.8, 4) is 5.75 Å². The third-order valence-corrected chi connectivity index (χ3v) is 6.82. The first-order chi connectivity index (χ1) is 14.3. The first kappa shape index (κ1) is 21.5. The molecule has 1 atom stereocenters. The Kier molecular flexibility index (Phi) is 6.31. The molecule has 1 aliphatic carbocycles. The molecular weight excluding hydrogens is 411 g/mol. The second-order valence-electron chi connectivity index (χ2n) is 8.72. The predicted molar refractivity (Wildman–Crippen MR) is 113 cm³/mol. The summed E-state index contributed by atoms with van der Waals surface area (Å²) in [6, 6.07) is 13.3. The van der Waals surface area contributed by atoms with E-state index in [1.165, 1.54) is 37.0 Å². The molecule has 30 heavy (non-hydrogen) atoms. The van der Waals surface area contributed by atoms with Crippen molar-refractivity contribution in [1.29, 1.82) is 0 Å². The number of nitrogens with zero attached hydrogens (tertiary/aromatic N) is 1. The van der Waals surface area contributed by atoms with Gasteiger partial charge in [0.2, 0.25) is 0 Å². The lowest BCUT2D eigenvalue weighted by atomic mass is 9.64. The molecule has 162 valence electrons. The summed E-state index contributed by atoms with van der Waals surface area (Å²) in [6.45, 7) is 3.64. The van der Waals surface area contributed by atoms with Crippen LogP contribution in [0.2, 0.25) is 5.02 Å². The molecule has 4 rings (SSSR count). The van der Waals surface area contributed by atoms with Gasteiger partial charge in [0.1, 0.15) is 5.75 Å². The Morgan fingerprint density at radius 2 is 1.70 bits per heavy atom. The average molecular weight is 438 g/mol. The molecular formula is C24H27ClF3NO. The van der Waals surface area contributed by atoms with Crippen LogP contribution in [0.25, 0.3) is 0 Å². The topological polar surface area (TPSA) is 12.5 Å². The maximum absolute atomic E-state index is 12.7. The van der Waals surface area contributed by atoms with Gasteiger partial charge in [-0.1, -0.05) is 30.2 Å². The van der Waals surface area contributed by atoms with Gasteiger partial charge in [-0.2, -0.15) is 13.2 Å². The van der Waals surface area contributed by atoms with Gasteiger partial charge in [0, 0.05) is 29.4 Å². The molecule has 0 N–H and O–H groups in total. The fourth-order valence-electron chi connectivity index (χ4n) is 4.76. The number of ether oxygens (including phenoxy) is 1. The van der Waals surface area contributed by atoms with Crippen molar-refractivity contribution in [3.63, 3.8) is 0 Å². The van der Waals surface area contributed by atoms with Crippen LogP contribution >= 0.6 is 11.6 Å². The molecule has 1 heterocycles. The van der Waals surface area contributed by atoms with Crippen LogP contribution in [-0.4, -0.2) is 31.1 Å². The van der Waals surface area contributed by atoms with Crippen molar-refractivity contribution in [2.45, 2.75) is 43.7 Å². The Bertz CT molecular complexity index is 831. The summed E-state index contributed by atoms with van der Waals surface area (Å²) in [5, 5.41) is 0.770. The largest absolute Gasteiger partial charge is 0.493 e. The summed E-state index contributed by atoms with van der Waals surface area (Å²) in [4.78, 5) is 2.54. The van der Waals surface area contributed by atoms with Gasteiger partial charge in [-0.25, -0.2) is 0 Å². The zero-order valence-corrected chi connectivity index (χ0v) is 17.7. The van der Waals surface area contributed by atoms with Crippen LogP contribution in [-0.2, 0) is 11.6 Å². The van der Waals surface area contributed by atoms with Crippen LogP contribution in [0.3, 0.4) is 0 Å². The van der Waals surface area contributed by atoms with Gasteiger partial charge in [0.05, 0.1) is 12.2 Å². The van der Waals surface area contributed by atoms with E-state index in [1.54, 1.807) is 0 Å². The van der Waals surface area contributed by atoms with E-state index in [4.69, 9.17) is 16.3 Å². The molecule has 2 fully saturated rings. The lowest BCUT2D eigenvalue weighted by Gasteiger charge is -2.47. The molecule has 1 saturated heterocycles. The number of hydrogen-bond donors (Lipinski definition) is 0. The summed E-state index contributed by atoms with van der Waals surface area (Å²) in [5.41, 5.74) is 0.953. The summed E-state index contributed by atoms with van der Waals surface area (Å²) in [6.07, 6.45) is 1.57. The highest BCUT2D eigenvalue weighted by atomic mass is 35.5. The van der Waals surface area contributed by atoms with Crippen LogP contribution < -0.4 is 4.74 Å². The lowest BCUT2D eigenvalue weighted by molar-refractivity contribution is -0.137. The van der Waals surface area contributed by atoms with Gasteiger partial charge in [0.25, 0.3) is 0 Å². The molecule has 6 heteroatoms. The van der Waals surface area contributed by atoms with E-state index in [0.29, 0.717) is 18.3 Å². The maximum Gasteiger partial charge on any atom is 0.416 e. The molecule has 0 unspecified atom stereocenters. The number of halogens is 4. The van der Waals surface area contributed by atoms with E-state index >= 15 is 0 Å². The van der Waals surface area contributed by atoms with Gasteiger partial charge in [-0.05, 0) is 74.2 Å². The smallest absolute Gasteiger partial charge is 0.416 e. The van der Waals surface area contributed by atoms with Gasteiger partial charge in [-0.15, -0.1) is 0 Å². The quantitative estimate of drug-likeness (QED) is 0.506. The fourth-order valence-corrected chi connectivity index (χ4v) is 4.88. The molecule has 0 bridgehead atoms. The van der Waals surface area contributed by atoms with Gasteiger partial charge < -0.3 is 9.64 Å². The molecule has 0 aromatic heterocycles. The number of rotatable bonds is 6. The third kappa shape index (κ3) is 4.94. The fraction of sp³-hybridized carbons (Fsp3) is 0.500.